The zero-order chi connectivity index (χ0) is 21.5. The highest BCUT2D eigenvalue weighted by atomic mass is 16.5. The smallest absolute Gasteiger partial charge is 0.176 e. The number of Topliss-reactive ketones (excluding diaryl/α,β-unsaturated/α-hetero) is 1. The first-order chi connectivity index (χ1) is 15.2. The van der Waals surface area contributed by atoms with Gasteiger partial charge in [-0.2, -0.15) is 0 Å². The monoisotopic (exact) mass is 422 g/mol. The molecule has 0 amide bonds. The lowest BCUT2D eigenvalue weighted by molar-refractivity contribution is -0.0275. The number of carbonyl (C=O) groups excluding carboxylic acids is 1. The average molecular weight is 423 g/mol. The van der Waals surface area contributed by atoms with Crippen LogP contribution in [0.15, 0.2) is 54.6 Å². The summed E-state index contributed by atoms with van der Waals surface area (Å²) in [6.07, 6.45) is 3.69. The van der Waals surface area contributed by atoms with Gasteiger partial charge in [0.2, 0.25) is 0 Å². The van der Waals surface area contributed by atoms with E-state index >= 15 is 0 Å². The van der Waals surface area contributed by atoms with E-state index in [-0.39, 0.29) is 11.9 Å². The van der Waals surface area contributed by atoms with Crippen molar-refractivity contribution >= 4 is 5.78 Å². The predicted octanol–water partition coefficient (Wildman–Crippen LogP) is 4.20. The van der Waals surface area contributed by atoms with Crippen LogP contribution < -0.4 is 4.74 Å². The molecule has 2 saturated heterocycles. The zero-order valence-electron chi connectivity index (χ0n) is 18.5. The van der Waals surface area contributed by atoms with Gasteiger partial charge >= 0.3 is 0 Å². The molecular formula is C26H34N2O3. The third kappa shape index (κ3) is 6.16. The molecule has 0 bridgehead atoms. The van der Waals surface area contributed by atoms with Gasteiger partial charge in [-0.3, -0.25) is 9.69 Å². The highest BCUT2D eigenvalue weighted by Gasteiger charge is 2.24. The fraction of sp³-hybridized carbons (Fsp3) is 0.500. The van der Waals surface area contributed by atoms with Gasteiger partial charge in [0.25, 0.3) is 0 Å². The second-order valence-electron chi connectivity index (χ2n) is 8.68. The number of morpholine rings is 1. The third-order valence-corrected chi connectivity index (χ3v) is 6.41. The van der Waals surface area contributed by atoms with Crippen LogP contribution in [0.4, 0.5) is 0 Å². The first-order valence-corrected chi connectivity index (χ1v) is 11.6. The number of carbonyl (C=O) groups is 1. The normalized spacial score (nSPS) is 22.5. The maximum Gasteiger partial charge on any atom is 0.176 e. The number of ketones is 1. The van der Waals surface area contributed by atoms with Crippen LogP contribution in [0.3, 0.4) is 0 Å². The Bertz CT molecular complexity index is 824. The summed E-state index contributed by atoms with van der Waals surface area (Å²) in [6.45, 7) is 7.93. The molecule has 0 radical (unpaired) electrons. The molecule has 5 nitrogen and oxygen atoms in total. The second kappa shape index (κ2) is 10.9. The van der Waals surface area contributed by atoms with Gasteiger partial charge < -0.3 is 14.4 Å². The van der Waals surface area contributed by atoms with E-state index < -0.39 is 0 Å². The highest BCUT2D eigenvalue weighted by Crippen LogP contribution is 2.22. The Morgan fingerprint density at radius 3 is 2.65 bits per heavy atom. The minimum Gasteiger partial charge on any atom is -0.494 e. The number of nitrogens with zero attached hydrogens (tertiary/aromatic N) is 2. The van der Waals surface area contributed by atoms with E-state index in [1.54, 1.807) is 0 Å². The molecule has 5 heteroatoms. The third-order valence-electron chi connectivity index (χ3n) is 6.41. The minimum atomic E-state index is 0.0297. The molecule has 1 unspecified atom stereocenters. The first-order valence-electron chi connectivity index (χ1n) is 11.6. The number of benzene rings is 2. The number of rotatable bonds is 9. The molecule has 0 saturated carbocycles. The van der Waals surface area contributed by atoms with Crippen LogP contribution in [0.2, 0.25) is 0 Å². The van der Waals surface area contributed by atoms with Crippen molar-refractivity contribution in [2.45, 2.75) is 38.3 Å². The van der Waals surface area contributed by atoms with Crippen LogP contribution in [0.25, 0.3) is 0 Å². The van der Waals surface area contributed by atoms with Gasteiger partial charge in [-0.25, -0.2) is 0 Å². The molecule has 31 heavy (non-hydrogen) atoms. The summed E-state index contributed by atoms with van der Waals surface area (Å²) in [5, 5.41) is 0. The summed E-state index contributed by atoms with van der Waals surface area (Å²) in [5.74, 6) is 0.977. The van der Waals surface area contributed by atoms with E-state index in [0.717, 1.165) is 37.4 Å². The molecule has 0 N–H and O–H groups in total. The van der Waals surface area contributed by atoms with Crippen LogP contribution in [-0.4, -0.2) is 67.6 Å². The molecule has 0 aliphatic carbocycles. The van der Waals surface area contributed by atoms with Crippen molar-refractivity contribution in [1.82, 2.24) is 9.80 Å². The number of hydrogen-bond acceptors (Lipinski definition) is 5. The van der Waals surface area contributed by atoms with Gasteiger partial charge in [0.15, 0.2) is 5.78 Å². The molecule has 2 atom stereocenters. The zero-order valence-corrected chi connectivity index (χ0v) is 18.5. The van der Waals surface area contributed by atoms with Gasteiger partial charge in [0.05, 0.1) is 25.9 Å². The Labute approximate surface area is 185 Å². The summed E-state index contributed by atoms with van der Waals surface area (Å²) in [6, 6.07) is 18.5. The van der Waals surface area contributed by atoms with Crippen LogP contribution in [0, 0.1) is 0 Å². The van der Waals surface area contributed by atoms with Crippen LogP contribution in [0.1, 0.15) is 48.2 Å². The molecule has 2 aliphatic rings. The SMILES string of the molecule is C[C@@H]1CCCN1CCCOc1ccc(C(=O)CN2CCOC(c3ccccc3)C2)cc1. The molecule has 166 valence electrons. The summed E-state index contributed by atoms with van der Waals surface area (Å²) in [5.41, 5.74) is 1.90. The fourth-order valence-corrected chi connectivity index (χ4v) is 4.53. The van der Waals surface area contributed by atoms with E-state index in [1.807, 2.05) is 42.5 Å². The van der Waals surface area contributed by atoms with Gasteiger partial charge in [-0.05, 0) is 62.6 Å². The first kappa shape index (κ1) is 22.0. The highest BCUT2D eigenvalue weighted by molar-refractivity contribution is 5.97. The van der Waals surface area contributed by atoms with Crippen LogP contribution >= 0.6 is 0 Å². The Balaban J connectivity index is 1.21. The molecule has 2 heterocycles. The van der Waals surface area contributed by atoms with Crippen molar-refractivity contribution in [3.63, 3.8) is 0 Å². The summed E-state index contributed by atoms with van der Waals surface area (Å²) < 4.78 is 11.8. The maximum absolute atomic E-state index is 12.8. The quantitative estimate of drug-likeness (QED) is 0.448. The van der Waals surface area contributed by atoms with Gasteiger partial charge in [0, 0.05) is 31.2 Å². The van der Waals surface area contributed by atoms with Gasteiger partial charge in [0.1, 0.15) is 5.75 Å². The average Bonchev–Trinajstić information content (AvgIpc) is 3.22. The van der Waals surface area contributed by atoms with Gasteiger partial charge in [-0.15, -0.1) is 0 Å². The van der Waals surface area contributed by atoms with Crippen molar-refractivity contribution < 1.29 is 14.3 Å². The van der Waals surface area contributed by atoms with Crippen molar-refractivity contribution in [3.8, 4) is 5.75 Å². The molecule has 2 aromatic carbocycles. The van der Waals surface area contributed by atoms with Crippen LogP contribution in [-0.2, 0) is 4.74 Å². The largest absolute Gasteiger partial charge is 0.494 e. The molecule has 4 rings (SSSR count). The van der Waals surface area contributed by atoms with Crippen molar-refractivity contribution in [2.75, 3.05) is 45.9 Å². The molecule has 0 aromatic heterocycles. The van der Waals surface area contributed by atoms with E-state index in [4.69, 9.17) is 9.47 Å². The standard InChI is InChI=1S/C26H34N2O3/c1-21-7-5-14-28(21)15-6-17-30-24-12-10-22(11-13-24)25(29)19-27-16-18-31-26(20-27)23-8-3-2-4-9-23/h2-4,8-13,21,26H,5-7,14-20H2,1H3/t21-,26?/m1/s1. The fourth-order valence-electron chi connectivity index (χ4n) is 4.53. The maximum atomic E-state index is 12.8. The predicted molar refractivity (Wildman–Crippen MR) is 123 cm³/mol. The van der Waals surface area contributed by atoms with E-state index in [9.17, 15) is 4.79 Å². The molecule has 2 aliphatic heterocycles. The Morgan fingerprint density at radius 2 is 1.90 bits per heavy atom. The molecule has 2 fully saturated rings. The lowest BCUT2D eigenvalue weighted by Crippen LogP contribution is -2.41. The van der Waals surface area contributed by atoms with Crippen LogP contribution in [0.5, 0.6) is 5.75 Å². The number of likely N-dealkylation sites (tertiary alicyclic amines) is 1. The van der Waals surface area contributed by atoms with Crippen molar-refractivity contribution in [1.29, 1.82) is 0 Å². The minimum absolute atomic E-state index is 0.0297. The molecule has 2 aromatic rings. The van der Waals surface area contributed by atoms with E-state index in [0.29, 0.717) is 25.8 Å². The number of ether oxygens (including phenoxy) is 2. The Kier molecular flexibility index (Phi) is 7.73. The summed E-state index contributed by atoms with van der Waals surface area (Å²) >= 11 is 0. The van der Waals surface area contributed by atoms with Crippen molar-refractivity contribution in [3.05, 3.63) is 65.7 Å². The lowest BCUT2D eigenvalue weighted by atomic mass is 10.1. The topological polar surface area (TPSA) is 42.0 Å². The second-order valence-corrected chi connectivity index (χ2v) is 8.68. The Hall–Kier alpha value is -2.21. The van der Waals surface area contributed by atoms with Gasteiger partial charge in [-0.1, -0.05) is 30.3 Å². The van der Waals surface area contributed by atoms with E-state index in [2.05, 4.69) is 28.9 Å². The Morgan fingerprint density at radius 1 is 1.10 bits per heavy atom. The van der Waals surface area contributed by atoms with E-state index in [1.165, 1.54) is 24.9 Å². The summed E-state index contributed by atoms with van der Waals surface area (Å²) in [7, 11) is 0. The molecule has 0 spiro atoms. The number of hydrogen-bond donors (Lipinski definition) is 0. The molecular weight excluding hydrogens is 388 g/mol. The lowest BCUT2D eigenvalue weighted by Gasteiger charge is -2.32. The van der Waals surface area contributed by atoms with Crippen molar-refractivity contribution in [2.24, 2.45) is 0 Å². The summed E-state index contributed by atoms with van der Waals surface area (Å²) in [4.78, 5) is 17.5.